The minimum absolute atomic E-state index is 0.0540. The van der Waals surface area contributed by atoms with Crippen LogP contribution in [-0.2, 0) is 35.7 Å². The molecule has 1 saturated carbocycles. The Morgan fingerprint density at radius 3 is 2.77 bits per heavy atom. The molecule has 35 heavy (non-hydrogen) atoms. The summed E-state index contributed by atoms with van der Waals surface area (Å²) >= 11 is 0. The lowest BCUT2D eigenvalue weighted by molar-refractivity contribution is -0.172. The van der Waals surface area contributed by atoms with Crippen molar-refractivity contribution in [2.24, 2.45) is 11.7 Å². The van der Waals surface area contributed by atoms with Gasteiger partial charge in [0.1, 0.15) is 11.8 Å². The molecule has 1 aromatic carbocycles. The molecule has 0 saturated heterocycles. The molecule has 0 aromatic heterocycles. The number of carboxylic acid groups (broad SMARTS) is 1. The van der Waals surface area contributed by atoms with Crippen LogP contribution < -0.4 is 15.2 Å². The van der Waals surface area contributed by atoms with Crippen LogP contribution in [-0.4, -0.2) is 59.1 Å². The zero-order chi connectivity index (χ0) is 25.1. The first-order valence-corrected chi connectivity index (χ1v) is 11.8. The molecule has 1 fully saturated rings. The van der Waals surface area contributed by atoms with Gasteiger partial charge in [-0.1, -0.05) is 12.5 Å². The van der Waals surface area contributed by atoms with Crippen molar-refractivity contribution in [3.8, 4) is 11.5 Å². The van der Waals surface area contributed by atoms with Gasteiger partial charge in [-0.3, -0.25) is 9.59 Å². The Morgan fingerprint density at radius 2 is 2.06 bits per heavy atom. The van der Waals surface area contributed by atoms with E-state index in [1.54, 1.807) is 13.2 Å². The molecular formula is C25H29NO9. The lowest BCUT2D eigenvalue weighted by Gasteiger charge is -2.59. The quantitative estimate of drug-likeness (QED) is 0.480. The molecule has 1 aliphatic heterocycles. The van der Waals surface area contributed by atoms with Crippen molar-refractivity contribution in [2.75, 3.05) is 7.11 Å². The van der Waals surface area contributed by atoms with Crippen molar-refractivity contribution in [3.63, 3.8) is 0 Å². The average molecular weight is 488 g/mol. The molecule has 2 bridgehead atoms. The van der Waals surface area contributed by atoms with E-state index in [1.165, 1.54) is 6.92 Å². The van der Waals surface area contributed by atoms with Gasteiger partial charge in [0, 0.05) is 5.56 Å². The Morgan fingerprint density at radius 1 is 1.29 bits per heavy atom. The molecule has 1 aromatic rings. The highest BCUT2D eigenvalue weighted by Crippen LogP contribution is 2.67. The van der Waals surface area contributed by atoms with Gasteiger partial charge < -0.3 is 34.9 Å². The lowest BCUT2D eigenvalue weighted by atomic mass is 9.47. The number of aliphatic carboxylic acids is 1. The number of carbonyl (C=O) groups is 3. The average Bonchev–Trinajstić information content (AvgIpc) is 3.15. The molecular weight excluding hydrogens is 458 g/mol. The number of benzene rings is 1. The smallest absolute Gasteiger partial charge is 0.352 e. The molecule has 6 atom stereocenters. The summed E-state index contributed by atoms with van der Waals surface area (Å²) in [7, 11) is 1.56. The Kier molecular flexibility index (Phi) is 5.56. The van der Waals surface area contributed by atoms with Crippen molar-refractivity contribution in [3.05, 3.63) is 35.1 Å². The van der Waals surface area contributed by atoms with Gasteiger partial charge in [-0.2, -0.15) is 0 Å². The normalized spacial score (nSPS) is 31.3. The third kappa shape index (κ3) is 3.34. The highest BCUT2D eigenvalue weighted by molar-refractivity contribution is 5.85. The molecule has 10 nitrogen and oxygen atoms in total. The van der Waals surface area contributed by atoms with Crippen molar-refractivity contribution in [1.29, 1.82) is 0 Å². The second kappa shape index (κ2) is 8.23. The van der Waals surface area contributed by atoms with Gasteiger partial charge in [-0.15, -0.1) is 0 Å². The zero-order valence-electron chi connectivity index (χ0n) is 19.6. The van der Waals surface area contributed by atoms with Crippen LogP contribution >= 0.6 is 0 Å². The number of methoxy groups -OCH3 is 1. The van der Waals surface area contributed by atoms with E-state index in [9.17, 15) is 19.5 Å². The highest BCUT2D eigenvalue weighted by Gasteiger charge is 2.71. The molecule has 1 heterocycles. The molecule has 0 unspecified atom stereocenters. The number of carbonyl (C=O) groups excluding carboxylic acids is 2. The standard InChI is InChI=1S/C25H29NO9/c1-12(33-23(30)15(26)11-18(27)28)22(29)34-17-7-9-25(31)14-4-3-8-24(25)19-13(10-14)5-6-16(32-2)20(19)35-21(17)24/h5-7,12,14-15,21,31H,3-4,8-11,26H2,1-2H3,(H,27,28)/t12-,14-,15-,21+,24+,25-/m0/s1. The first kappa shape index (κ1) is 23.6. The van der Waals surface area contributed by atoms with Gasteiger partial charge >= 0.3 is 17.9 Å². The van der Waals surface area contributed by atoms with Gasteiger partial charge in [-0.05, 0) is 56.2 Å². The predicted molar refractivity (Wildman–Crippen MR) is 120 cm³/mol. The molecule has 10 heteroatoms. The molecule has 0 radical (unpaired) electrons. The summed E-state index contributed by atoms with van der Waals surface area (Å²) in [6, 6.07) is 2.49. The Bertz CT molecular complexity index is 1130. The molecule has 188 valence electrons. The van der Waals surface area contributed by atoms with E-state index in [2.05, 4.69) is 0 Å². The maximum absolute atomic E-state index is 12.8. The van der Waals surface area contributed by atoms with Crippen LogP contribution in [0.1, 0.15) is 50.2 Å². The summed E-state index contributed by atoms with van der Waals surface area (Å²) in [4.78, 5) is 35.7. The van der Waals surface area contributed by atoms with Crippen LogP contribution in [0.2, 0.25) is 0 Å². The largest absolute Gasteiger partial charge is 0.493 e. The van der Waals surface area contributed by atoms with Gasteiger partial charge in [0.25, 0.3) is 0 Å². The molecule has 3 aliphatic carbocycles. The lowest BCUT2D eigenvalue weighted by Crippen LogP contribution is -2.67. The van der Waals surface area contributed by atoms with E-state index in [4.69, 9.17) is 29.8 Å². The summed E-state index contributed by atoms with van der Waals surface area (Å²) in [5, 5.41) is 20.9. The topological polar surface area (TPSA) is 155 Å². The van der Waals surface area contributed by atoms with Crippen molar-refractivity contribution in [2.45, 2.75) is 74.7 Å². The first-order chi connectivity index (χ1) is 16.6. The number of esters is 2. The van der Waals surface area contributed by atoms with Gasteiger partial charge in [0.2, 0.25) is 0 Å². The first-order valence-electron chi connectivity index (χ1n) is 11.8. The molecule has 4 aliphatic rings. The van der Waals surface area contributed by atoms with Crippen LogP contribution in [0.25, 0.3) is 0 Å². The van der Waals surface area contributed by atoms with E-state index in [-0.39, 0.29) is 11.7 Å². The third-order valence-electron chi connectivity index (χ3n) is 8.01. The Labute approximate surface area is 202 Å². The Balaban J connectivity index is 1.43. The van der Waals surface area contributed by atoms with Crippen LogP contribution in [0.5, 0.6) is 11.5 Å². The SMILES string of the molecule is COc1ccc2c3c1O[C@@H]1C(OC(=O)[C@H](C)OC(=O)[C@@H](N)CC(=O)O)=CC[C@]4(O)[C@@H](CCC[C@@]314)C2. The fourth-order valence-corrected chi connectivity index (χ4v) is 6.46. The minimum Gasteiger partial charge on any atom is -0.493 e. The van der Waals surface area contributed by atoms with Gasteiger partial charge in [0.05, 0.1) is 24.5 Å². The van der Waals surface area contributed by atoms with Crippen LogP contribution in [0.3, 0.4) is 0 Å². The summed E-state index contributed by atoms with van der Waals surface area (Å²) < 4.78 is 22.7. The number of aliphatic hydroxyl groups is 1. The van der Waals surface area contributed by atoms with E-state index in [0.717, 1.165) is 30.4 Å². The monoisotopic (exact) mass is 487 g/mol. The maximum atomic E-state index is 12.8. The maximum Gasteiger partial charge on any atom is 0.352 e. The molecule has 0 amide bonds. The number of ether oxygens (including phenoxy) is 4. The summed E-state index contributed by atoms with van der Waals surface area (Å²) in [5.41, 5.74) is 5.75. The molecule has 1 spiro atoms. The molecule has 4 N–H and O–H groups in total. The fourth-order valence-electron chi connectivity index (χ4n) is 6.46. The number of carboxylic acids is 1. The second-order valence-corrected chi connectivity index (χ2v) is 9.83. The van der Waals surface area contributed by atoms with Crippen molar-refractivity contribution < 1.29 is 43.5 Å². The number of rotatable bonds is 7. The summed E-state index contributed by atoms with van der Waals surface area (Å²) in [6.45, 7) is 1.33. The van der Waals surface area contributed by atoms with Crippen molar-refractivity contribution in [1.82, 2.24) is 0 Å². The van der Waals surface area contributed by atoms with Crippen LogP contribution in [0, 0.1) is 5.92 Å². The fraction of sp³-hybridized carbons (Fsp3) is 0.560. The number of hydrogen-bond acceptors (Lipinski definition) is 9. The summed E-state index contributed by atoms with van der Waals surface area (Å²) in [6.07, 6.45) is 2.52. The third-order valence-corrected chi connectivity index (χ3v) is 8.01. The predicted octanol–water partition coefficient (Wildman–Crippen LogP) is 1.35. The molecule has 5 rings (SSSR count). The number of hydrogen-bond donors (Lipinski definition) is 3. The van der Waals surface area contributed by atoms with Gasteiger partial charge in [0.15, 0.2) is 23.7 Å². The van der Waals surface area contributed by atoms with E-state index < -0.39 is 53.6 Å². The second-order valence-electron chi connectivity index (χ2n) is 9.83. The van der Waals surface area contributed by atoms with Crippen molar-refractivity contribution >= 4 is 17.9 Å². The highest BCUT2D eigenvalue weighted by atomic mass is 16.6. The van der Waals surface area contributed by atoms with E-state index in [0.29, 0.717) is 24.3 Å². The van der Waals surface area contributed by atoms with E-state index >= 15 is 0 Å². The zero-order valence-corrected chi connectivity index (χ0v) is 19.6. The minimum atomic E-state index is -1.40. The Hall–Kier alpha value is -3.11. The van der Waals surface area contributed by atoms with Crippen LogP contribution in [0.15, 0.2) is 24.0 Å². The summed E-state index contributed by atoms with van der Waals surface area (Å²) in [5.74, 6) is -1.68. The van der Waals surface area contributed by atoms with Gasteiger partial charge in [-0.25, -0.2) is 4.79 Å². The van der Waals surface area contributed by atoms with E-state index in [1.807, 2.05) is 12.1 Å². The number of nitrogens with two attached hydrogens (primary N) is 1. The van der Waals surface area contributed by atoms with Crippen LogP contribution in [0.4, 0.5) is 0 Å².